The van der Waals surface area contributed by atoms with Crippen molar-refractivity contribution < 1.29 is 62.5 Å². The summed E-state index contributed by atoms with van der Waals surface area (Å²) >= 11 is 13.1. The molecule has 1 aromatic rings. The maximum absolute atomic E-state index is 14.7. The van der Waals surface area contributed by atoms with E-state index in [9.17, 15) is 52.7 Å². The van der Waals surface area contributed by atoms with Crippen molar-refractivity contribution in [3.05, 3.63) is 34.6 Å². The predicted molar refractivity (Wildman–Crippen MR) is 67.5 cm³/mol. The molecule has 1 rings (SSSR count). The van der Waals surface area contributed by atoms with Crippen LogP contribution in [0.15, 0.2) is 0 Å². The first-order valence-corrected chi connectivity index (χ1v) is 7.10. The van der Waals surface area contributed by atoms with Gasteiger partial charge in [0, 0.05) is 0 Å². The molecule has 0 aliphatic heterocycles. The molecule has 0 aromatic heterocycles. The van der Waals surface area contributed by atoms with E-state index in [-0.39, 0.29) is 0 Å². The standard InChI is InChI=1S/C11HCl3F12O2/c12-9(13,22)10(14,23)28-7(20,8(21,27)11(24,25)26)1-2(15)4(17)6(19)5(18)3(1)16/h27H. The Kier molecular flexibility index (Phi) is 6.43. The molecule has 0 aliphatic carbocycles. The summed E-state index contributed by atoms with van der Waals surface area (Å²) < 4.78 is 158. The second kappa shape index (κ2) is 7.15. The van der Waals surface area contributed by atoms with Crippen LogP contribution >= 0.6 is 34.8 Å². The molecular weight excluding hydrogens is 498 g/mol. The van der Waals surface area contributed by atoms with E-state index >= 15 is 0 Å². The van der Waals surface area contributed by atoms with Gasteiger partial charge in [0.25, 0.3) is 0 Å². The van der Waals surface area contributed by atoms with Gasteiger partial charge in [0.15, 0.2) is 23.3 Å². The van der Waals surface area contributed by atoms with Crippen LogP contribution in [0.2, 0.25) is 0 Å². The number of alkyl halides is 10. The van der Waals surface area contributed by atoms with Crippen LogP contribution in [0.5, 0.6) is 0 Å². The molecule has 3 unspecified atom stereocenters. The Morgan fingerprint density at radius 2 is 0.964 bits per heavy atom. The quantitative estimate of drug-likeness (QED) is 0.244. The zero-order chi connectivity index (χ0) is 22.7. The van der Waals surface area contributed by atoms with E-state index in [1.807, 2.05) is 0 Å². The fourth-order valence-electron chi connectivity index (χ4n) is 1.59. The van der Waals surface area contributed by atoms with Crippen molar-refractivity contribution in [3.8, 4) is 0 Å². The van der Waals surface area contributed by atoms with Gasteiger partial charge in [-0.1, -0.05) is 23.2 Å². The first kappa shape index (κ1) is 25.2. The van der Waals surface area contributed by atoms with Crippen LogP contribution in [0.1, 0.15) is 5.56 Å². The van der Waals surface area contributed by atoms with Gasteiger partial charge in [-0.15, -0.1) is 0 Å². The van der Waals surface area contributed by atoms with E-state index < -0.39 is 62.4 Å². The summed E-state index contributed by atoms with van der Waals surface area (Å²) in [6, 6.07) is 0. The fourth-order valence-corrected chi connectivity index (χ4v) is 1.77. The average Bonchev–Trinajstić information content (AvgIpc) is 2.48. The zero-order valence-electron chi connectivity index (χ0n) is 12.0. The number of hydrogen-bond acceptors (Lipinski definition) is 2. The molecule has 1 aromatic carbocycles. The van der Waals surface area contributed by atoms with Crippen LogP contribution in [0, 0.1) is 29.1 Å². The monoisotopic (exact) mass is 498 g/mol. The highest BCUT2D eigenvalue weighted by atomic mass is 35.5. The lowest BCUT2D eigenvalue weighted by Crippen LogP contribution is -2.61. The average molecular weight is 499 g/mol. The summed E-state index contributed by atoms with van der Waals surface area (Å²) in [7, 11) is 0. The first-order chi connectivity index (χ1) is 12.1. The largest absolute Gasteiger partial charge is 0.454 e. The third kappa shape index (κ3) is 3.80. The number of rotatable bonds is 5. The summed E-state index contributed by atoms with van der Waals surface area (Å²) in [5, 5.41) is 3.36. The summed E-state index contributed by atoms with van der Waals surface area (Å²) in [6.07, 6.45) is -7.02. The van der Waals surface area contributed by atoms with E-state index in [2.05, 4.69) is 39.5 Å². The summed E-state index contributed by atoms with van der Waals surface area (Å²) in [6.45, 7) is 0. The van der Waals surface area contributed by atoms with Gasteiger partial charge in [-0.05, 0) is 11.6 Å². The summed E-state index contributed by atoms with van der Waals surface area (Å²) in [4.78, 5) is 0. The third-order valence-electron chi connectivity index (χ3n) is 2.93. The Hall–Kier alpha value is -0.830. The van der Waals surface area contributed by atoms with Gasteiger partial charge in [-0.2, -0.15) is 30.7 Å². The Balaban J connectivity index is 4.03. The van der Waals surface area contributed by atoms with Crippen LogP contribution in [0.3, 0.4) is 0 Å². The van der Waals surface area contributed by atoms with Gasteiger partial charge in [0.05, 0.1) is 0 Å². The van der Waals surface area contributed by atoms with Gasteiger partial charge in [0.2, 0.25) is 5.82 Å². The van der Waals surface area contributed by atoms with Crippen LogP contribution in [-0.2, 0) is 10.6 Å². The van der Waals surface area contributed by atoms with Crippen molar-refractivity contribution in [2.24, 2.45) is 0 Å². The molecule has 28 heavy (non-hydrogen) atoms. The molecule has 0 spiro atoms. The van der Waals surface area contributed by atoms with E-state index in [0.717, 1.165) is 0 Å². The van der Waals surface area contributed by atoms with Gasteiger partial charge in [0.1, 0.15) is 5.56 Å². The van der Waals surface area contributed by atoms with Gasteiger partial charge >= 0.3 is 27.8 Å². The van der Waals surface area contributed by atoms with Crippen molar-refractivity contribution in [3.63, 3.8) is 0 Å². The van der Waals surface area contributed by atoms with Crippen LogP contribution in [0.25, 0.3) is 0 Å². The SMILES string of the molecule is OC(F)(C(F)(F)F)C(F)(OC(F)(Cl)C(F)(Cl)Cl)c1c(F)c(F)c(F)c(F)c1F. The van der Waals surface area contributed by atoms with Gasteiger partial charge < -0.3 is 5.11 Å². The molecule has 0 bridgehead atoms. The predicted octanol–water partition coefficient (Wildman–Crippen LogP) is 5.70. The lowest BCUT2D eigenvalue weighted by atomic mass is 9.96. The van der Waals surface area contributed by atoms with Crippen molar-refractivity contribution in [1.82, 2.24) is 0 Å². The van der Waals surface area contributed by atoms with E-state index in [0.29, 0.717) is 0 Å². The number of benzene rings is 1. The molecule has 0 aliphatic rings. The minimum absolute atomic E-state index is 2.79. The molecule has 2 nitrogen and oxygen atoms in total. The van der Waals surface area contributed by atoms with Crippen LogP contribution in [0.4, 0.5) is 52.7 Å². The van der Waals surface area contributed by atoms with Crippen molar-refractivity contribution >= 4 is 34.8 Å². The number of ether oxygens (including phenoxy) is 1. The third-order valence-corrected chi connectivity index (χ3v) is 3.95. The molecule has 0 amide bonds. The highest BCUT2D eigenvalue weighted by Crippen LogP contribution is 2.56. The Morgan fingerprint density at radius 3 is 1.25 bits per heavy atom. The number of halogens is 15. The topological polar surface area (TPSA) is 29.5 Å². The molecule has 17 heteroatoms. The van der Waals surface area contributed by atoms with Crippen LogP contribution in [-0.4, -0.2) is 27.0 Å². The van der Waals surface area contributed by atoms with Crippen LogP contribution < -0.4 is 0 Å². The number of aliphatic hydroxyl groups is 1. The molecule has 0 saturated heterocycles. The normalized spacial score (nSPS) is 19.7. The first-order valence-electron chi connectivity index (χ1n) is 5.97. The molecule has 0 fully saturated rings. The summed E-state index contributed by atoms with van der Waals surface area (Å²) in [5.41, 5.74) is -3.56. The Labute approximate surface area is 160 Å². The molecule has 1 N–H and O–H groups in total. The smallest absolute Gasteiger partial charge is 0.350 e. The minimum Gasteiger partial charge on any atom is -0.350 e. The lowest BCUT2D eigenvalue weighted by molar-refractivity contribution is -0.438. The minimum atomic E-state index is -7.02. The lowest BCUT2D eigenvalue weighted by Gasteiger charge is -2.39. The molecule has 0 radical (unpaired) electrons. The molecule has 0 saturated carbocycles. The van der Waals surface area contributed by atoms with E-state index in [4.69, 9.17) is 5.11 Å². The molecular formula is C11HCl3F12O2. The zero-order valence-corrected chi connectivity index (χ0v) is 14.3. The highest BCUT2D eigenvalue weighted by molar-refractivity contribution is 6.51. The second-order valence-electron chi connectivity index (χ2n) is 4.78. The molecule has 162 valence electrons. The second-order valence-corrected chi connectivity index (χ2v) is 6.50. The van der Waals surface area contributed by atoms with Crippen molar-refractivity contribution in [2.75, 3.05) is 0 Å². The van der Waals surface area contributed by atoms with Gasteiger partial charge in [-0.25, -0.2) is 22.0 Å². The highest BCUT2D eigenvalue weighted by Gasteiger charge is 2.76. The molecule has 3 atom stereocenters. The number of hydrogen-bond donors (Lipinski definition) is 1. The Morgan fingerprint density at radius 1 is 0.643 bits per heavy atom. The van der Waals surface area contributed by atoms with Crippen molar-refractivity contribution in [1.29, 1.82) is 0 Å². The molecule has 0 heterocycles. The van der Waals surface area contributed by atoms with Gasteiger partial charge in [-0.3, -0.25) is 4.74 Å². The maximum atomic E-state index is 14.7. The maximum Gasteiger partial charge on any atom is 0.454 e. The van der Waals surface area contributed by atoms with E-state index in [1.54, 1.807) is 0 Å². The van der Waals surface area contributed by atoms with Crippen molar-refractivity contribution in [2.45, 2.75) is 27.8 Å². The summed E-state index contributed by atoms with van der Waals surface area (Å²) in [5.74, 6) is -29.9. The Bertz CT molecular complexity index is 747. The van der Waals surface area contributed by atoms with E-state index in [1.165, 1.54) is 0 Å². The fraction of sp³-hybridized carbons (Fsp3) is 0.455.